The van der Waals surface area contributed by atoms with Crippen molar-refractivity contribution in [3.8, 4) is 0 Å². The van der Waals surface area contributed by atoms with Gasteiger partial charge in [-0.2, -0.15) is 5.10 Å². The molecule has 0 fully saturated rings. The zero-order valence-electron chi connectivity index (χ0n) is 14.7. The van der Waals surface area contributed by atoms with E-state index in [0.717, 1.165) is 24.9 Å². The highest BCUT2D eigenvalue weighted by Gasteiger charge is 2.12. The van der Waals surface area contributed by atoms with Gasteiger partial charge in [0, 0.05) is 31.1 Å². The standard InChI is InChI=1S/C12H16ClNO3.C6H10N2/c1-17-11(8-12(15)14-16)7-4-9-2-5-10(13)6-3-9;1-2-5-8-6-3-4-7-8/h2-3,5-6,11,16H,4,7-8H2,1H3,(H,14,15);3-4,6H,2,5H2,1H3. The minimum absolute atomic E-state index is 0.153. The van der Waals surface area contributed by atoms with Crippen LogP contribution in [0.15, 0.2) is 42.7 Å². The van der Waals surface area contributed by atoms with Crippen molar-refractivity contribution in [3.05, 3.63) is 53.3 Å². The van der Waals surface area contributed by atoms with Crippen LogP contribution in [0.4, 0.5) is 0 Å². The Morgan fingerprint density at radius 3 is 2.64 bits per heavy atom. The van der Waals surface area contributed by atoms with Crippen molar-refractivity contribution in [2.75, 3.05) is 7.11 Å². The molecule has 7 heteroatoms. The Balaban J connectivity index is 0.000000324. The summed E-state index contributed by atoms with van der Waals surface area (Å²) in [5.74, 6) is -0.437. The summed E-state index contributed by atoms with van der Waals surface area (Å²) in [6, 6.07) is 9.50. The third-order valence-corrected chi connectivity index (χ3v) is 3.80. The van der Waals surface area contributed by atoms with E-state index < -0.39 is 5.91 Å². The molecule has 0 aliphatic rings. The number of rotatable bonds is 8. The average Bonchev–Trinajstić information content (AvgIpc) is 3.14. The van der Waals surface area contributed by atoms with Gasteiger partial charge in [0.05, 0.1) is 12.5 Å². The molecule has 1 aromatic carbocycles. The molecule has 0 radical (unpaired) electrons. The topological polar surface area (TPSA) is 76.4 Å². The summed E-state index contributed by atoms with van der Waals surface area (Å²) in [6.45, 7) is 3.18. The van der Waals surface area contributed by atoms with Crippen molar-refractivity contribution in [1.29, 1.82) is 0 Å². The van der Waals surface area contributed by atoms with Crippen molar-refractivity contribution < 1.29 is 14.7 Å². The van der Waals surface area contributed by atoms with Crippen LogP contribution in [0.2, 0.25) is 5.02 Å². The summed E-state index contributed by atoms with van der Waals surface area (Å²) in [6.07, 6.45) is 6.40. The van der Waals surface area contributed by atoms with Gasteiger partial charge in [-0.1, -0.05) is 30.7 Å². The summed E-state index contributed by atoms with van der Waals surface area (Å²) in [5.41, 5.74) is 2.74. The number of hydroxylamine groups is 1. The van der Waals surface area contributed by atoms with Gasteiger partial charge in [-0.3, -0.25) is 14.7 Å². The number of hydrogen-bond acceptors (Lipinski definition) is 4. The number of ether oxygens (including phenoxy) is 1. The van der Waals surface area contributed by atoms with E-state index in [1.807, 2.05) is 41.2 Å². The van der Waals surface area contributed by atoms with E-state index in [2.05, 4.69) is 12.0 Å². The number of amides is 1. The van der Waals surface area contributed by atoms with Gasteiger partial charge in [0.1, 0.15) is 0 Å². The Kier molecular flexibility index (Phi) is 10.6. The number of carbonyl (C=O) groups is 1. The maximum Gasteiger partial charge on any atom is 0.245 e. The molecule has 2 N–H and O–H groups in total. The molecule has 1 aromatic heterocycles. The molecule has 0 saturated carbocycles. The molecule has 1 unspecified atom stereocenters. The molecule has 0 spiro atoms. The second-order valence-corrected chi connectivity index (χ2v) is 5.97. The minimum Gasteiger partial charge on any atom is -0.381 e. The molecule has 0 aliphatic carbocycles. The second-order valence-electron chi connectivity index (χ2n) is 5.53. The number of aromatic nitrogens is 2. The van der Waals surface area contributed by atoms with E-state index in [1.165, 1.54) is 0 Å². The predicted molar refractivity (Wildman–Crippen MR) is 97.6 cm³/mol. The van der Waals surface area contributed by atoms with Gasteiger partial charge in [-0.15, -0.1) is 0 Å². The number of benzene rings is 1. The van der Waals surface area contributed by atoms with Gasteiger partial charge in [0.2, 0.25) is 5.91 Å². The van der Waals surface area contributed by atoms with Crippen LogP contribution in [0.5, 0.6) is 0 Å². The fourth-order valence-corrected chi connectivity index (χ4v) is 2.32. The molecule has 0 saturated heterocycles. The Hall–Kier alpha value is -1.89. The highest BCUT2D eigenvalue weighted by Crippen LogP contribution is 2.13. The van der Waals surface area contributed by atoms with E-state index >= 15 is 0 Å². The first-order chi connectivity index (χ1) is 12.1. The normalized spacial score (nSPS) is 11.4. The van der Waals surface area contributed by atoms with Crippen LogP contribution >= 0.6 is 11.6 Å². The highest BCUT2D eigenvalue weighted by molar-refractivity contribution is 6.30. The molecule has 1 atom stereocenters. The van der Waals surface area contributed by atoms with Crippen LogP contribution < -0.4 is 5.48 Å². The Morgan fingerprint density at radius 1 is 1.40 bits per heavy atom. The van der Waals surface area contributed by atoms with E-state index in [4.69, 9.17) is 21.5 Å². The lowest BCUT2D eigenvalue weighted by Crippen LogP contribution is -2.25. The van der Waals surface area contributed by atoms with Crippen LogP contribution in [-0.4, -0.2) is 34.1 Å². The summed E-state index contributed by atoms with van der Waals surface area (Å²) < 4.78 is 7.10. The van der Waals surface area contributed by atoms with Gasteiger partial charge in [-0.05, 0) is 43.0 Å². The molecule has 138 valence electrons. The number of carbonyl (C=O) groups excluding carboxylic acids is 1. The number of halogens is 1. The van der Waals surface area contributed by atoms with Crippen molar-refractivity contribution in [3.63, 3.8) is 0 Å². The second kappa shape index (κ2) is 12.5. The van der Waals surface area contributed by atoms with E-state index in [0.29, 0.717) is 11.4 Å². The molecule has 0 aliphatic heterocycles. The maximum atomic E-state index is 11.0. The largest absolute Gasteiger partial charge is 0.381 e. The van der Waals surface area contributed by atoms with Crippen LogP contribution in [0.1, 0.15) is 31.7 Å². The van der Waals surface area contributed by atoms with E-state index in [-0.39, 0.29) is 12.5 Å². The first kappa shape index (κ1) is 21.2. The Labute approximate surface area is 153 Å². The SMILES string of the molecule is CCCn1cccn1.COC(CCc1ccc(Cl)cc1)CC(=O)NO. The van der Waals surface area contributed by atoms with Gasteiger partial charge in [0.15, 0.2) is 0 Å². The molecule has 2 aromatic rings. The van der Waals surface area contributed by atoms with Crippen molar-refractivity contribution in [1.82, 2.24) is 15.3 Å². The first-order valence-electron chi connectivity index (χ1n) is 8.26. The quantitative estimate of drug-likeness (QED) is 0.553. The van der Waals surface area contributed by atoms with Gasteiger partial charge in [0.25, 0.3) is 0 Å². The smallest absolute Gasteiger partial charge is 0.245 e. The van der Waals surface area contributed by atoms with Crippen LogP contribution in [0.3, 0.4) is 0 Å². The molecular weight excluding hydrogens is 342 g/mol. The summed E-state index contributed by atoms with van der Waals surface area (Å²) in [4.78, 5) is 11.0. The first-order valence-corrected chi connectivity index (χ1v) is 8.64. The highest BCUT2D eigenvalue weighted by atomic mass is 35.5. The van der Waals surface area contributed by atoms with Gasteiger partial charge >= 0.3 is 0 Å². The van der Waals surface area contributed by atoms with Crippen LogP contribution in [-0.2, 0) is 22.5 Å². The molecule has 25 heavy (non-hydrogen) atoms. The predicted octanol–water partition coefficient (Wildman–Crippen LogP) is 3.48. The summed E-state index contributed by atoms with van der Waals surface area (Å²) in [5, 5.41) is 13.2. The summed E-state index contributed by atoms with van der Waals surface area (Å²) >= 11 is 5.78. The van der Waals surface area contributed by atoms with Crippen molar-refractivity contribution in [2.24, 2.45) is 0 Å². The molecule has 1 heterocycles. The third kappa shape index (κ3) is 9.24. The summed E-state index contributed by atoms with van der Waals surface area (Å²) in [7, 11) is 1.55. The van der Waals surface area contributed by atoms with Crippen LogP contribution in [0, 0.1) is 0 Å². The number of hydrogen-bond donors (Lipinski definition) is 2. The number of aryl methyl sites for hydroxylation is 2. The average molecular weight is 368 g/mol. The Morgan fingerprint density at radius 2 is 2.12 bits per heavy atom. The lowest BCUT2D eigenvalue weighted by atomic mass is 10.0. The zero-order valence-corrected chi connectivity index (χ0v) is 15.4. The molecule has 0 bridgehead atoms. The fourth-order valence-electron chi connectivity index (χ4n) is 2.20. The molecule has 1 amide bonds. The monoisotopic (exact) mass is 367 g/mol. The third-order valence-electron chi connectivity index (χ3n) is 3.55. The number of methoxy groups -OCH3 is 1. The lowest BCUT2D eigenvalue weighted by Gasteiger charge is -2.13. The van der Waals surface area contributed by atoms with E-state index in [9.17, 15) is 4.79 Å². The van der Waals surface area contributed by atoms with Gasteiger partial charge < -0.3 is 4.74 Å². The Bertz CT molecular complexity index is 588. The zero-order chi connectivity index (χ0) is 18.5. The van der Waals surface area contributed by atoms with E-state index in [1.54, 1.807) is 18.8 Å². The minimum atomic E-state index is -0.437. The maximum absolute atomic E-state index is 11.0. The van der Waals surface area contributed by atoms with Crippen molar-refractivity contribution in [2.45, 2.75) is 45.3 Å². The van der Waals surface area contributed by atoms with Gasteiger partial charge in [-0.25, -0.2) is 5.48 Å². The van der Waals surface area contributed by atoms with Crippen molar-refractivity contribution >= 4 is 17.5 Å². The molecular formula is C18H26ClN3O3. The fraction of sp³-hybridized carbons (Fsp3) is 0.444. The lowest BCUT2D eigenvalue weighted by molar-refractivity contribution is -0.131. The molecule has 2 rings (SSSR count). The molecule has 6 nitrogen and oxygen atoms in total. The number of nitrogens with one attached hydrogen (secondary N) is 1. The number of nitrogens with zero attached hydrogens (tertiary/aromatic N) is 2. The van der Waals surface area contributed by atoms with Crippen LogP contribution in [0.25, 0.3) is 0 Å².